The summed E-state index contributed by atoms with van der Waals surface area (Å²) in [4.78, 5) is 18.5. The van der Waals surface area contributed by atoms with E-state index in [1.165, 1.54) is 0 Å². The van der Waals surface area contributed by atoms with Gasteiger partial charge >= 0.3 is 6.03 Å². The summed E-state index contributed by atoms with van der Waals surface area (Å²) in [7, 11) is 0. The van der Waals surface area contributed by atoms with Gasteiger partial charge in [0.05, 0.1) is 19.2 Å². The zero-order valence-corrected chi connectivity index (χ0v) is 14.6. The highest BCUT2D eigenvalue weighted by Gasteiger charge is 2.25. The monoisotopic (exact) mass is 343 g/mol. The number of piperidine rings is 1. The van der Waals surface area contributed by atoms with E-state index in [0.717, 1.165) is 41.6 Å². The van der Waals surface area contributed by atoms with Crippen molar-refractivity contribution >= 4 is 16.9 Å². The SMILES string of the molecule is Cc1ccc2cccc(OCCNC(=O)N3CCCC[C@@H]3CO)c2n1. The van der Waals surface area contributed by atoms with Crippen LogP contribution in [0, 0.1) is 6.92 Å². The predicted octanol–water partition coefficient (Wildman–Crippen LogP) is 2.48. The summed E-state index contributed by atoms with van der Waals surface area (Å²) >= 11 is 0. The van der Waals surface area contributed by atoms with Crippen molar-refractivity contribution in [3.05, 3.63) is 36.0 Å². The van der Waals surface area contributed by atoms with Gasteiger partial charge in [-0.25, -0.2) is 9.78 Å². The third-order valence-electron chi connectivity index (χ3n) is 4.56. The number of urea groups is 1. The number of aryl methyl sites for hydroxylation is 1. The molecular formula is C19H25N3O3. The van der Waals surface area contributed by atoms with E-state index in [0.29, 0.717) is 19.7 Å². The van der Waals surface area contributed by atoms with Gasteiger partial charge in [0.1, 0.15) is 17.9 Å². The number of carbonyl (C=O) groups excluding carboxylic acids is 1. The molecule has 6 heteroatoms. The normalized spacial score (nSPS) is 17.5. The quantitative estimate of drug-likeness (QED) is 0.818. The van der Waals surface area contributed by atoms with Crippen molar-refractivity contribution in [2.45, 2.75) is 32.2 Å². The zero-order valence-electron chi connectivity index (χ0n) is 14.6. The largest absolute Gasteiger partial charge is 0.489 e. The standard InChI is InChI=1S/C19H25N3O3/c1-14-8-9-15-5-4-7-17(18(15)21-14)25-12-10-20-19(24)22-11-3-2-6-16(22)13-23/h4-5,7-9,16,23H,2-3,6,10-13H2,1H3,(H,20,24)/t16-/m1/s1. The number of aliphatic hydroxyl groups is 1. The smallest absolute Gasteiger partial charge is 0.317 e. The zero-order chi connectivity index (χ0) is 17.6. The van der Waals surface area contributed by atoms with Crippen LogP contribution in [0.4, 0.5) is 4.79 Å². The highest BCUT2D eigenvalue weighted by atomic mass is 16.5. The molecule has 2 N–H and O–H groups in total. The van der Waals surface area contributed by atoms with Gasteiger partial charge in [0.2, 0.25) is 0 Å². The van der Waals surface area contributed by atoms with E-state index in [1.807, 2.05) is 37.3 Å². The average molecular weight is 343 g/mol. The van der Waals surface area contributed by atoms with Gasteiger partial charge in [0.25, 0.3) is 0 Å². The Labute approximate surface area is 147 Å². The highest BCUT2D eigenvalue weighted by molar-refractivity contribution is 5.84. The van der Waals surface area contributed by atoms with Crippen LogP contribution in [-0.4, -0.2) is 53.4 Å². The van der Waals surface area contributed by atoms with E-state index in [2.05, 4.69) is 10.3 Å². The summed E-state index contributed by atoms with van der Waals surface area (Å²) in [6.07, 6.45) is 2.91. The molecule has 1 atom stereocenters. The Morgan fingerprint density at radius 1 is 1.36 bits per heavy atom. The summed E-state index contributed by atoms with van der Waals surface area (Å²) in [5.74, 6) is 0.724. The summed E-state index contributed by atoms with van der Waals surface area (Å²) in [5, 5.41) is 13.3. The number of hydrogen-bond acceptors (Lipinski definition) is 4. The molecule has 1 aromatic heterocycles. The third-order valence-corrected chi connectivity index (χ3v) is 4.56. The molecule has 2 amide bonds. The molecule has 1 saturated heterocycles. The molecular weight excluding hydrogens is 318 g/mol. The maximum Gasteiger partial charge on any atom is 0.317 e. The Morgan fingerprint density at radius 3 is 3.08 bits per heavy atom. The van der Waals surface area contributed by atoms with Crippen LogP contribution in [0.5, 0.6) is 5.75 Å². The van der Waals surface area contributed by atoms with Crippen LogP contribution in [0.25, 0.3) is 10.9 Å². The van der Waals surface area contributed by atoms with Crippen LogP contribution in [0.15, 0.2) is 30.3 Å². The average Bonchev–Trinajstić information content (AvgIpc) is 2.65. The molecule has 0 spiro atoms. The molecule has 1 aliphatic heterocycles. The van der Waals surface area contributed by atoms with Gasteiger partial charge in [-0.05, 0) is 38.3 Å². The van der Waals surface area contributed by atoms with Crippen molar-refractivity contribution in [1.29, 1.82) is 0 Å². The van der Waals surface area contributed by atoms with E-state index in [9.17, 15) is 9.90 Å². The number of para-hydroxylation sites is 1. The number of fused-ring (bicyclic) bond motifs is 1. The predicted molar refractivity (Wildman–Crippen MR) is 96.8 cm³/mol. The van der Waals surface area contributed by atoms with Gasteiger partial charge in [0, 0.05) is 17.6 Å². The molecule has 1 aromatic carbocycles. The van der Waals surface area contributed by atoms with Crippen molar-refractivity contribution in [1.82, 2.24) is 15.2 Å². The van der Waals surface area contributed by atoms with Crippen molar-refractivity contribution in [2.24, 2.45) is 0 Å². The second-order valence-electron chi connectivity index (χ2n) is 6.39. The Morgan fingerprint density at radius 2 is 2.24 bits per heavy atom. The Hall–Kier alpha value is -2.34. The lowest BCUT2D eigenvalue weighted by Crippen LogP contribution is -2.50. The van der Waals surface area contributed by atoms with E-state index in [4.69, 9.17) is 4.74 Å². The lowest BCUT2D eigenvalue weighted by atomic mass is 10.0. The first-order valence-electron chi connectivity index (χ1n) is 8.83. The molecule has 0 unspecified atom stereocenters. The van der Waals surface area contributed by atoms with E-state index in [-0.39, 0.29) is 18.7 Å². The molecule has 3 rings (SSSR count). The molecule has 1 fully saturated rings. The Bertz CT molecular complexity index is 735. The van der Waals surface area contributed by atoms with Crippen molar-refractivity contribution in [3.8, 4) is 5.75 Å². The second kappa shape index (κ2) is 8.16. The second-order valence-corrected chi connectivity index (χ2v) is 6.39. The van der Waals surface area contributed by atoms with Gasteiger partial charge in [-0.2, -0.15) is 0 Å². The van der Waals surface area contributed by atoms with Crippen LogP contribution in [-0.2, 0) is 0 Å². The molecule has 6 nitrogen and oxygen atoms in total. The number of likely N-dealkylation sites (tertiary alicyclic amines) is 1. The summed E-state index contributed by atoms with van der Waals surface area (Å²) in [5.41, 5.74) is 1.78. The lowest BCUT2D eigenvalue weighted by Gasteiger charge is -2.34. The van der Waals surface area contributed by atoms with Crippen LogP contribution < -0.4 is 10.1 Å². The van der Waals surface area contributed by atoms with Crippen molar-refractivity contribution < 1.29 is 14.6 Å². The summed E-state index contributed by atoms with van der Waals surface area (Å²) in [6.45, 7) is 3.45. The van der Waals surface area contributed by atoms with Crippen LogP contribution in [0.3, 0.4) is 0 Å². The molecule has 1 aliphatic rings. The minimum atomic E-state index is -0.130. The first kappa shape index (κ1) is 17.5. The number of amides is 2. The number of aromatic nitrogens is 1. The number of carbonyl (C=O) groups is 1. The molecule has 0 bridgehead atoms. The number of benzene rings is 1. The molecule has 2 heterocycles. The number of ether oxygens (including phenoxy) is 1. The van der Waals surface area contributed by atoms with Gasteiger partial charge in [0.15, 0.2) is 0 Å². The molecule has 0 radical (unpaired) electrons. The van der Waals surface area contributed by atoms with E-state index >= 15 is 0 Å². The number of nitrogens with one attached hydrogen (secondary N) is 1. The minimum Gasteiger partial charge on any atom is -0.489 e. The summed E-state index contributed by atoms with van der Waals surface area (Å²) in [6, 6.07) is 9.63. The molecule has 0 aliphatic carbocycles. The van der Waals surface area contributed by atoms with Crippen molar-refractivity contribution in [2.75, 3.05) is 26.3 Å². The maximum absolute atomic E-state index is 12.3. The number of hydrogen-bond donors (Lipinski definition) is 2. The van der Waals surface area contributed by atoms with Gasteiger partial charge in [-0.1, -0.05) is 18.2 Å². The summed E-state index contributed by atoms with van der Waals surface area (Å²) < 4.78 is 5.82. The first-order chi connectivity index (χ1) is 12.2. The number of pyridine rings is 1. The topological polar surface area (TPSA) is 74.7 Å². The van der Waals surface area contributed by atoms with Crippen LogP contribution >= 0.6 is 0 Å². The molecule has 134 valence electrons. The number of aliphatic hydroxyl groups excluding tert-OH is 1. The molecule has 0 saturated carbocycles. The Kier molecular flexibility index (Phi) is 5.71. The maximum atomic E-state index is 12.3. The van der Waals surface area contributed by atoms with Gasteiger partial charge < -0.3 is 20.1 Å². The molecule has 2 aromatic rings. The highest BCUT2D eigenvalue weighted by Crippen LogP contribution is 2.23. The number of rotatable bonds is 5. The Balaban J connectivity index is 1.53. The minimum absolute atomic E-state index is 0.0188. The fraction of sp³-hybridized carbons (Fsp3) is 0.474. The lowest BCUT2D eigenvalue weighted by molar-refractivity contribution is 0.107. The van der Waals surface area contributed by atoms with Gasteiger partial charge in [-0.3, -0.25) is 0 Å². The van der Waals surface area contributed by atoms with Crippen LogP contribution in [0.2, 0.25) is 0 Å². The number of nitrogens with zero attached hydrogens (tertiary/aromatic N) is 2. The van der Waals surface area contributed by atoms with E-state index < -0.39 is 0 Å². The van der Waals surface area contributed by atoms with Crippen molar-refractivity contribution in [3.63, 3.8) is 0 Å². The fourth-order valence-corrected chi connectivity index (χ4v) is 3.21. The molecule has 25 heavy (non-hydrogen) atoms. The third kappa shape index (κ3) is 4.20. The van der Waals surface area contributed by atoms with E-state index in [1.54, 1.807) is 4.90 Å². The first-order valence-corrected chi connectivity index (χ1v) is 8.83. The fourth-order valence-electron chi connectivity index (χ4n) is 3.21. The van der Waals surface area contributed by atoms with Crippen LogP contribution in [0.1, 0.15) is 25.0 Å². The van der Waals surface area contributed by atoms with Gasteiger partial charge in [-0.15, -0.1) is 0 Å².